The fraction of sp³-hybridized carbons (Fsp3) is 0.938. The predicted octanol–water partition coefficient (Wildman–Crippen LogP) is 3.20. The predicted molar refractivity (Wildman–Crippen MR) is 103 cm³/mol. The van der Waals surface area contributed by atoms with Crippen molar-refractivity contribution in [2.45, 2.75) is 53.5 Å². The lowest BCUT2D eigenvalue weighted by Crippen LogP contribution is -2.46. The third kappa shape index (κ3) is 10.8. The maximum atomic E-state index is 12.3. The van der Waals surface area contributed by atoms with Crippen LogP contribution in [0.15, 0.2) is 0 Å². The normalized spacial score (nSPS) is 12.3. The van der Waals surface area contributed by atoms with E-state index in [1.807, 2.05) is 20.8 Å². The summed E-state index contributed by atoms with van der Waals surface area (Å²) < 4.78 is 40.0. The van der Waals surface area contributed by atoms with Gasteiger partial charge in [0.1, 0.15) is 0 Å². The summed E-state index contributed by atoms with van der Waals surface area (Å²) in [5, 5.41) is 2.82. The Labute approximate surface area is 159 Å². The summed E-state index contributed by atoms with van der Waals surface area (Å²) in [5.74, 6) is -0.180. The van der Waals surface area contributed by atoms with Crippen LogP contribution in [0.25, 0.3) is 0 Å². The highest BCUT2D eigenvalue weighted by Crippen LogP contribution is 2.48. The number of hydrogen-bond acceptors (Lipinski definition) is 7. The summed E-state index contributed by atoms with van der Waals surface area (Å²) >= 11 is 0. The highest BCUT2D eigenvalue weighted by atomic mass is 31.2. The summed E-state index contributed by atoms with van der Waals surface area (Å²) in [6.07, 6.45) is 0.866. The van der Waals surface area contributed by atoms with Crippen LogP contribution in [0.4, 0.5) is 0 Å². The van der Waals surface area contributed by atoms with Gasteiger partial charge in [-0.2, -0.15) is 0 Å². The molecule has 0 radical (unpaired) electrons. The second-order valence-electron chi connectivity index (χ2n) is 5.36. The van der Waals surface area contributed by atoms with Gasteiger partial charge in [0.05, 0.1) is 19.4 Å². The molecule has 0 atom stereocenters. The Morgan fingerprint density at radius 3 is 1.81 bits per heavy atom. The Balaban J connectivity index is 4.31. The molecule has 8 nitrogen and oxygen atoms in total. The fourth-order valence-electron chi connectivity index (χ4n) is 2.42. The van der Waals surface area contributed by atoms with E-state index in [0.717, 1.165) is 0 Å². The van der Waals surface area contributed by atoms with Gasteiger partial charge in [0.2, 0.25) is 5.91 Å². The van der Waals surface area contributed by atoms with Crippen molar-refractivity contribution in [3.05, 3.63) is 0 Å². The molecule has 0 unspecified atom stereocenters. The van der Waals surface area contributed by atoms with Crippen molar-refractivity contribution in [3.63, 3.8) is 0 Å². The molecule has 0 aliphatic heterocycles. The molecule has 0 fully saturated rings. The van der Waals surface area contributed by atoms with E-state index in [-0.39, 0.29) is 31.7 Å². The lowest BCUT2D eigenvalue weighted by molar-refractivity contribution is -0.120. The van der Waals surface area contributed by atoms with Crippen molar-refractivity contribution in [2.75, 3.05) is 45.7 Å². The first-order valence-electron chi connectivity index (χ1n) is 9.47. The minimum atomic E-state index is -3.18. The first kappa shape index (κ1) is 25.7. The van der Waals surface area contributed by atoms with Gasteiger partial charge in [-0.3, -0.25) is 9.36 Å². The van der Waals surface area contributed by atoms with Crippen molar-refractivity contribution in [1.29, 1.82) is 0 Å². The Kier molecular flexibility index (Phi) is 14.6. The quantitative estimate of drug-likeness (QED) is 0.222. The van der Waals surface area contributed by atoms with Crippen molar-refractivity contribution in [1.82, 2.24) is 5.32 Å². The molecular formula is C16H36NO7PSi. The molecule has 1 amide bonds. The first-order chi connectivity index (χ1) is 12.4. The second-order valence-corrected chi connectivity index (χ2v) is 10.3. The Morgan fingerprint density at radius 2 is 1.38 bits per heavy atom. The zero-order valence-electron chi connectivity index (χ0n) is 16.9. The van der Waals surface area contributed by atoms with E-state index in [1.54, 1.807) is 13.8 Å². The van der Waals surface area contributed by atoms with Crippen LogP contribution in [0.2, 0.25) is 6.04 Å². The largest absolute Gasteiger partial charge is 0.500 e. The van der Waals surface area contributed by atoms with E-state index >= 15 is 0 Å². The molecule has 0 spiro atoms. The van der Waals surface area contributed by atoms with Gasteiger partial charge in [-0.05, 0) is 41.0 Å². The van der Waals surface area contributed by atoms with Crippen molar-refractivity contribution >= 4 is 22.3 Å². The molecule has 0 heterocycles. The standard InChI is InChI=1S/C16H36NO7PSi/c1-6-20-25(19,21-7-2)14-12-16(18)17-13-11-15-26(22-8-3,23-9-4)24-10-5/h6-15H2,1-5H3,(H,17,18). The van der Waals surface area contributed by atoms with Gasteiger partial charge in [0, 0.05) is 38.8 Å². The summed E-state index contributed by atoms with van der Waals surface area (Å²) in [6.45, 7) is 11.9. The lowest BCUT2D eigenvalue weighted by Gasteiger charge is -2.28. The topological polar surface area (TPSA) is 92.3 Å². The SMILES string of the molecule is CCO[Si](CCCNC(=O)CCP(=O)(OCC)OCC)(OCC)OCC. The average Bonchev–Trinajstić information content (AvgIpc) is 2.58. The van der Waals surface area contributed by atoms with Gasteiger partial charge in [-0.15, -0.1) is 0 Å². The minimum absolute atomic E-state index is 0.0794. The van der Waals surface area contributed by atoms with Gasteiger partial charge in [-0.25, -0.2) is 0 Å². The van der Waals surface area contributed by atoms with Crippen LogP contribution in [0.3, 0.4) is 0 Å². The van der Waals surface area contributed by atoms with Crippen LogP contribution in [0.1, 0.15) is 47.5 Å². The first-order valence-corrected chi connectivity index (χ1v) is 13.1. The molecule has 156 valence electrons. The zero-order valence-corrected chi connectivity index (χ0v) is 18.8. The van der Waals surface area contributed by atoms with E-state index < -0.39 is 16.4 Å². The molecule has 1 N–H and O–H groups in total. The number of hydrogen-bond donors (Lipinski definition) is 1. The fourth-order valence-corrected chi connectivity index (χ4v) is 6.63. The highest BCUT2D eigenvalue weighted by Gasteiger charge is 2.39. The van der Waals surface area contributed by atoms with Crippen molar-refractivity contribution in [3.8, 4) is 0 Å². The van der Waals surface area contributed by atoms with Crippen LogP contribution < -0.4 is 5.32 Å². The van der Waals surface area contributed by atoms with Crippen LogP contribution in [-0.2, 0) is 31.7 Å². The number of rotatable bonds is 17. The molecule has 26 heavy (non-hydrogen) atoms. The Hall–Kier alpha value is -0.283. The van der Waals surface area contributed by atoms with E-state index in [2.05, 4.69) is 5.32 Å². The summed E-state index contributed by atoms with van der Waals surface area (Å²) in [7, 11) is -5.85. The van der Waals surface area contributed by atoms with E-state index in [0.29, 0.717) is 38.8 Å². The van der Waals surface area contributed by atoms with E-state index in [1.165, 1.54) is 0 Å². The summed E-state index contributed by atoms with van der Waals surface area (Å²) in [5.41, 5.74) is 0. The summed E-state index contributed by atoms with van der Waals surface area (Å²) in [4.78, 5) is 12.0. The molecule has 0 rings (SSSR count). The molecule has 10 heteroatoms. The van der Waals surface area contributed by atoms with Gasteiger partial charge >= 0.3 is 16.4 Å². The van der Waals surface area contributed by atoms with Gasteiger partial charge < -0.3 is 27.6 Å². The zero-order chi connectivity index (χ0) is 19.9. The minimum Gasteiger partial charge on any atom is -0.374 e. The van der Waals surface area contributed by atoms with E-state index in [9.17, 15) is 9.36 Å². The Bertz CT molecular complexity index is 398. The maximum absolute atomic E-state index is 12.3. The monoisotopic (exact) mass is 413 g/mol. The number of nitrogens with one attached hydrogen (secondary N) is 1. The maximum Gasteiger partial charge on any atom is 0.500 e. The molecular weight excluding hydrogens is 377 g/mol. The second kappa shape index (κ2) is 14.7. The average molecular weight is 414 g/mol. The van der Waals surface area contributed by atoms with Crippen LogP contribution >= 0.6 is 7.60 Å². The van der Waals surface area contributed by atoms with Crippen LogP contribution in [-0.4, -0.2) is 60.5 Å². The Morgan fingerprint density at radius 1 is 0.885 bits per heavy atom. The molecule has 0 aliphatic carbocycles. The van der Waals surface area contributed by atoms with Crippen LogP contribution in [0, 0.1) is 0 Å². The molecule has 0 aromatic carbocycles. The smallest absolute Gasteiger partial charge is 0.374 e. The number of amides is 1. The van der Waals surface area contributed by atoms with Gasteiger partial charge in [-0.1, -0.05) is 0 Å². The molecule has 0 aliphatic rings. The molecule has 0 bridgehead atoms. The van der Waals surface area contributed by atoms with E-state index in [4.69, 9.17) is 22.3 Å². The van der Waals surface area contributed by atoms with Gasteiger partial charge in [0.25, 0.3) is 0 Å². The van der Waals surface area contributed by atoms with Crippen molar-refractivity contribution < 1.29 is 31.7 Å². The van der Waals surface area contributed by atoms with Crippen molar-refractivity contribution in [2.24, 2.45) is 0 Å². The molecule has 0 aromatic rings. The molecule has 0 saturated heterocycles. The van der Waals surface area contributed by atoms with Crippen LogP contribution in [0.5, 0.6) is 0 Å². The number of carbonyl (C=O) groups is 1. The molecule has 0 saturated carbocycles. The summed E-state index contributed by atoms with van der Waals surface area (Å²) in [6, 6.07) is 0.638. The van der Waals surface area contributed by atoms with Gasteiger partial charge in [0.15, 0.2) is 0 Å². The third-order valence-corrected chi connectivity index (χ3v) is 8.56. The number of carbonyl (C=O) groups excluding carboxylic acids is 1. The highest BCUT2D eigenvalue weighted by molar-refractivity contribution is 7.53. The third-order valence-electron chi connectivity index (χ3n) is 3.34. The molecule has 0 aromatic heterocycles. The lowest BCUT2D eigenvalue weighted by atomic mass is 10.4.